The monoisotopic (exact) mass is 513 g/mol. The summed E-state index contributed by atoms with van der Waals surface area (Å²) in [6.07, 6.45) is 1.20. The van der Waals surface area contributed by atoms with Gasteiger partial charge in [-0.15, -0.1) is 0 Å². The van der Waals surface area contributed by atoms with Crippen molar-refractivity contribution in [1.29, 1.82) is 0 Å². The highest BCUT2D eigenvalue weighted by molar-refractivity contribution is 7.92. The number of sulfonamides is 1. The summed E-state index contributed by atoms with van der Waals surface area (Å²) in [5.41, 5.74) is 0.369. The summed E-state index contributed by atoms with van der Waals surface area (Å²) >= 11 is 11.0. The van der Waals surface area contributed by atoms with Crippen LogP contribution >= 0.6 is 23.8 Å². The highest BCUT2D eigenvalue weighted by Gasteiger charge is 2.34. The first-order valence-corrected chi connectivity index (χ1v) is 12.0. The van der Waals surface area contributed by atoms with Gasteiger partial charge in [0, 0.05) is 16.7 Å². The fourth-order valence-corrected chi connectivity index (χ4v) is 4.66. The highest BCUT2D eigenvalue weighted by atomic mass is 35.5. The third-order valence-corrected chi connectivity index (χ3v) is 6.76. The summed E-state index contributed by atoms with van der Waals surface area (Å²) in [7, 11) is -3.86. The number of amides is 2. The fourth-order valence-electron chi connectivity index (χ4n) is 3.18. The minimum absolute atomic E-state index is 0.0587. The van der Waals surface area contributed by atoms with Crippen LogP contribution < -0.4 is 14.9 Å². The van der Waals surface area contributed by atoms with Crippen LogP contribution in [0, 0.1) is 0 Å². The predicted octanol–water partition coefficient (Wildman–Crippen LogP) is 3.68. The van der Waals surface area contributed by atoms with E-state index in [9.17, 15) is 23.1 Å². The molecule has 11 heteroatoms. The van der Waals surface area contributed by atoms with E-state index >= 15 is 0 Å². The number of phenolic OH excluding ortho intramolecular Hbond substituents is 1. The molecule has 1 saturated heterocycles. The normalized spacial score (nSPS) is 15.4. The van der Waals surface area contributed by atoms with Gasteiger partial charge in [-0.3, -0.25) is 24.5 Å². The Morgan fingerprint density at radius 2 is 1.68 bits per heavy atom. The lowest BCUT2D eigenvalue weighted by Crippen LogP contribution is -2.54. The molecule has 0 unspecified atom stereocenters. The molecular formula is C23H16ClN3O5S2. The lowest BCUT2D eigenvalue weighted by molar-refractivity contribution is -0.122. The largest absolute Gasteiger partial charge is 0.507 e. The second-order valence-corrected chi connectivity index (χ2v) is 9.63. The van der Waals surface area contributed by atoms with Crippen LogP contribution in [0.3, 0.4) is 0 Å². The molecule has 0 aromatic heterocycles. The Labute approximate surface area is 205 Å². The van der Waals surface area contributed by atoms with Crippen molar-refractivity contribution >= 4 is 68.2 Å². The molecule has 0 saturated carbocycles. The molecular weight excluding hydrogens is 498 g/mol. The number of aromatic hydroxyl groups is 1. The standard InChI is InChI=1S/C23H16ClN3O5S2/c24-15-7-10-17(11-8-15)27-22(30)19(21(29)25-23(27)33)12-14-6-9-16(13-20(14)28)26-34(31,32)18-4-2-1-3-5-18/h1-13,26,28H,(H,25,29,33)/b19-12-. The Balaban J connectivity index is 1.62. The Hall–Kier alpha value is -3.73. The van der Waals surface area contributed by atoms with E-state index in [4.69, 9.17) is 23.8 Å². The van der Waals surface area contributed by atoms with Crippen molar-refractivity contribution in [2.45, 2.75) is 4.90 Å². The summed E-state index contributed by atoms with van der Waals surface area (Å²) in [6, 6.07) is 18.0. The Morgan fingerprint density at radius 1 is 1.00 bits per heavy atom. The molecule has 8 nitrogen and oxygen atoms in total. The van der Waals surface area contributed by atoms with E-state index in [1.165, 1.54) is 36.4 Å². The maximum atomic E-state index is 13.1. The predicted molar refractivity (Wildman–Crippen MR) is 133 cm³/mol. The van der Waals surface area contributed by atoms with Crippen LogP contribution in [-0.2, 0) is 19.6 Å². The zero-order chi connectivity index (χ0) is 24.5. The van der Waals surface area contributed by atoms with Crippen molar-refractivity contribution in [2.24, 2.45) is 0 Å². The van der Waals surface area contributed by atoms with Gasteiger partial charge < -0.3 is 5.11 Å². The number of rotatable bonds is 5. The number of benzene rings is 3. The lowest BCUT2D eigenvalue weighted by Gasteiger charge is -2.29. The third kappa shape index (κ3) is 4.79. The second kappa shape index (κ2) is 9.26. The average molecular weight is 514 g/mol. The molecule has 3 aromatic rings. The van der Waals surface area contributed by atoms with Gasteiger partial charge in [0.15, 0.2) is 5.11 Å². The molecule has 0 spiro atoms. The molecule has 0 radical (unpaired) electrons. The van der Waals surface area contributed by atoms with Gasteiger partial charge in [-0.05, 0) is 66.8 Å². The highest BCUT2D eigenvalue weighted by Crippen LogP contribution is 2.28. The molecule has 1 aliphatic rings. The Kier molecular flexibility index (Phi) is 6.38. The molecule has 1 aliphatic heterocycles. The van der Waals surface area contributed by atoms with Crippen molar-refractivity contribution < 1.29 is 23.1 Å². The van der Waals surface area contributed by atoms with E-state index in [1.807, 2.05) is 0 Å². The molecule has 3 aromatic carbocycles. The van der Waals surface area contributed by atoms with Crippen LogP contribution in [0.1, 0.15) is 5.56 Å². The summed E-state index contributed by atoms with van der Waals surface area (Å²) in [4.78, 5) is 26.7. The van der Waals surface area contributed by atoms with Gasteiger partial charge in [0.2, 0.25) is 0 Å². The number of nitrogens with one attached hydrogen (secondary N) is 2. The van der Waals surface area contributed by atoms with E-state index in [2.05, 4.69) is 10.0 Å². The molecule has 0 atom stereocenters. The first-order chi connectivity index (χ1) is 16.2. The summed E-state index contributed by atoms with van der Waals surface area (Å²) in [5.74, 6) is -1.76. The minimum Gasteiger partial charge on any atom is -0.507 e. The van der Waals surface area contributed by atoms with Crippen LogP contribution in [0.15, 0.2) is 83.3 Å². The first kappa shape index (κ1) is 23.4. The van der Waals surface area contributed by atoms with Crippen molar-refractivity contribution in [3.05, 3.63) is 89.0 Å². The molecule has 2 amide bonds. The van der Waals surface area contributed by atoms with Crippen molar-refractivity contribution in [3.63, 3.8) is 0 Å². The molecule has 3 N–H and O–H groups in total. The van der Waals surface area contributed by atoms with Crippen LogP contribution in [0.2, 0.25) is 5.02 Å². The van der Waals surface area contributed by atoms with Crippen LogP contribution in [0.5, 0.6) is 5.75 Å². The van der Waals surface area contributed by atoms with Gasteiger partial charge in [-0.1, -0.05) is 29.8 Å². The SMILES string of the molecule is O=C1NC(=S)N(c2ccc(Cl)cc2)C(=O)/C1=C\c1ccc(NS(=O)(=O)c2ccccc2)cc1O. The van der Waals surface area contributed by atoms with Crippen molar-refractivity contribution in [1.82, 2.24) is 5.32 Å². The van der Waals surface area contributed by atoms with Gasteiger partial charge in [-0.2, -0.15) is 0 Å². The molecule has 1 heterocycles. The molecule has 0 aliphatic carbocycles. The average Bonchev–Trinajstić information content (AvgIpc) is 2.79. The maximum absolute atomic E-state index is 13.1. The van der Waals surface area contributed by atoms with Gasteiger partial charge in [0.25, 0.3) is 21.8 Å². The van der Waals surface area contributed by atoms with Crippen molar-refractivity contribution in [3.8, 4) is 5.75 Å². The first-order valence-electron chi connectivity index (χ1n) is 9.73. The Morgan fingerprint density at radius 3 is 2.32 bits per heavy atom. The fraction of sp³-hybridized carbons (Fsp3) is 0. The lowest BCUT2D eigenvalue weighted by atomic mass is 10.1. The number of anilines is 2. The smallest absolute Gasteiger partial charge is 0.270 e. The molecule has 1 fully saturated rings. The third-order valence-electron chi connectivity index (χ3n) is 4.82. The van der Waals surface area contributed by atoms with Gasteiger partial charge >= 0.3 is 0 Å². The minimum atomic E-state index is -3.86. The van der Waals surface area contributed by atoms with E-state index in [0.717, 1.165) is 4.90 Å². The summed E-state index contributed by atoms with van der Waals surface area (Å²) in [6.45, 7) is 0. The van der Waals surface area contributed by atoms with E-state index in [1.54, 1.807) is 42.5 Å². The molecule has 34 heavy (non-hydrogen) atoms. The van der Waals surface area contributed by atoms with Gasteiger partial charge in [0.1, 0.15) is 11.3 Å². The molecule has 4 rings (SSSR count). The number of hydrogen-bond acceptors (Lipinski definition) is 6. The number of hydrogen-bond donors (Lipinski definition) is 3. The zero-order valence-corrected chi connectivity index (χ0v) is 19.6. The van der Waals surface area contributed by atoms with E-state index in [0.29, 0.717) is 10.7 Å². The van der Waals surface area contributed by atoms with Crippen LogP contribution in [0.25, 0.3) is 6.08 Å². The number of halogens is 1. The topological polar surface area (TPSA) is 116 Å². The zero-order valence-electron chi connectivity index (χ0n) is 17.2. The molecule has 172 valence electrons. The quantitative estimate of drug-likeness (QED) is 0.272. The maximum Gasteiger partial charge on any atom is 0.270 e. The number of carbonyl (C=O) groups excluding carboxylic acids is 2. The number of carbonyl (C=O) groups is 2. The van der Waals surface area contributed by atoms with E-state index in [-0.39, 0.29) is 32.6 Å². The van der Waals surface area contributed by atoms with Gasteiger partial charge in [-0.25, -0.2) is 8.42 Å². The van der Waals surface area contributed by atoms with Crippen LogP contribution in [0.4, 0.5) is 11.4 Å². The second-order valence-electron chi connectivity index (χ2n) is 7.13. The number of phenols is 1. The Bertz CT molecular complexity index is 1440. The summed E-state index contributed by atoms with van der Waals surface area (Å²) < 4.78 is 27.4. The van der Waals surface area contributed by atoms with Gasteiger partial charge in [0.05, 0.1) is 16.3 Å². The van der Waals surface area contributed by atoms with Crippen molar-refractivity contribution in [2.75, 3.05) is 9.62 Å². The molecule has 0 bridgehead atoms. The number of thiocarbonyl (C=S) groups is 1. The number of nitrogens with zero attached hydrogens (tertiary/aromatic N) is 1. The van der Waals surface area contributed by atoms with Crippen LogP contribution in [-0.4, -0.2) is 30.5 Å². The summed E-state index contributed by atoms with van der Waals surface area (Å²) in [5, 5.41) is 13.3. The van der Waals surface area contributed by atoms with E-state index < -0.39 is 21.8 Å².